The molecule has 0 aliphatic rings. The van der Waals surface area contributed by atoms with Gasteiger partial charge in [0.1, 0.15) is 4.21 Å². The summed E-state index contributed by atoms with van der Waals surface area (Å²) in [7, 11) is -3.70. The molecule has 3 aromatic rings. The summed E-state index contributed by atoms with van der Waals surface area (Å²) in [4.78, 5) is 12.5. The molecular weight excluding hydrogens is 382 g/mol. The zero-order valence-electron chi connectivity index (χ0n) is 13.6. The first-order valence-electron chi connectivity index (χ1n) is 7.51. The van der Waals surface area contributed by atoms with Gasteiger partial charge in [-0.15, -0.1) is 11.3 Å². The Morgan fingerprint density at radius 1 is 1.36 bits per heavy atom. The lowest BCUT2D eigenvalue weighted by Gasteiger charge is -2.14. The molecule has 1 aromatic carbocycles. The monoisotopic (exact) mass is 397 g/mol. The Morgan fingerprint density at radius 2 is 2.08 bits per heavy atom. The molecule has 0 aliphatic heterocycles. The normalized spacial score (nSPS) is 13.2. The van der Waals surface area contributed by atoms with E-state index in [1.165, 1.54) is 10.7 Å². The summed E-state index contributed by atoms with van der Waals surface area (Å²) < 4.78 is 29.3. The van der Waals surface area contributed by atoms with Gasteiger partial charge in [-0.25, -0.2) is 17.8 Å². The number of aryl methyl sites for hydroxylation is 1. The van der Waals surface area contributed by atoms with E-state index in [2.05, 4.69) is 9.82 Å². The predicted molar refractivity (Wildman–Crippen MR) is 99.9 cm³/mol. The Kier molecular flexibility index (Phi) is 4.97. The van der Waals surface area contributed by atoms with Crippen molar-refractivity contribution in [2.45, 2.75) is 30.6 Å². The lowest BCUT2D eigenvalue weighted by molar-refractivity contribution is 0.481. The number of rotatable bonds is 5. The van der Waals surface area contributed by atoms with Crippen molar-refractivity contribution in [2.75, 3.05) is 0 Å². The summed E-state index contributed by atoms with van der Waals surface area (Å²) >= 11 is 6.95. The number of aromatic nitrogens is 2. The molecule has 0 aliphatic carbocycles. The second-order valence-corrected chi connectivity index (χ2v) is 9.36. The van der Waals surface area contributed by atoms with Crippen molar-refractivity contribution in [1.29, 1.82) is 0 Å². The maximum Gasteiger partial charge on any atom is 0.274 e. The first-order valence-corrected chi connectivity index (χ1v) is 10.2. The van der Waals surface area contributed by atoms with Crippen LogP contribution in [0.3, 0.4) is 0 Å². The topological polar surface area (TPSA) is 81.1 Å². The minimum absolute atomic E-state index is 0.126. The maximum atomic E-state index is 12.5. The predicted octanol–water partition coefficient (Wildman–Crippen LogP) is 2.79. The summed E-state index contributed by atoms with van der Waals surface area (Å²) in [5, 5.41) is 5.42. The summed E-state index contributed by atoms with van der Waals surface area (Å²) in [6, 6.07) is 8.16. The number of fused-ring (bicyclic) bond motifs is 1. The number of halogens is 1. The lowest BCUT2D eigenvalue weighted by atomic mass is 10.2. The van der Waals surface area contributed by atoms with Gasteiger partial charge in [0, 0.05) is 11.4 Å². The summed E-state index contributed by atoms with van der Waals surface area (Å²) in [5.41, 5.74) is 0.464. The standard InChI is InChI=1S/C16H16ClN3O3S2/c1-10-7-14(24-15(10)17)25(22,23)19-11(2)9-20-16(21)13-6-4-3-5-12(13)8-18-20/h3-8,11,19H,9H2,1-2H3/t11-/m1/s1. The Hall–Kier alpha value is -1.74. The molecule has 1 atom stereocenters. The van der Waals surface area contributed by atoms with Crippen molar-refractivity contribution in [1.82, 2.24) is 14.5 Å². The third kappa shape index (κ3) is 3.77. The van der Waals surface area contributed by atoms with Gasteiger partial charge in [-0.3, -0.25) is 4.79 Å². The number of benzene rings is 1. The number of thiophene rings is 1. The molecule has 3 rings (SSSR count). The molecule has 0 radical (unpaired) electrons. The van der Waals surface area contributed by atoms with Crippen LogP contribution in [0.4, 0.5) is 0 Å². The largest absolute Gasteiger partial charge is 0.274 e. The molecule has 2 heterocycles. The van der Waals surface area contributed by atoms with Crippen LogP contribution in [0.25, 0.3) is 10.8 Å². The molecule has 6 nitrogen and oxygen atoms in total. The molecule has 9 heteroatoms. The van der Waals surface area contributed by atoms with Crippen LogP contribution in [0.15, 0.2) is 45.5 Å². The number of nitrogens with one attached hydrogen (secondary N) is 1. The highest BCUT2D eigenvalue weighted by atomic mass is 35.5. The van der Waals surface area contributed by atoms with E-state index < -0.39 is 16.1 Å². The van der Waals surface area contributed by atoms with Crippen molar-refractivity contribution in [3.63, 3.8) is 0 Å². The molecule has 0 amide bonds. The zero-order chi connectivity index (χ0) is 18.2. The van der Waals surface area contributed by atoms with Crippen LogP contribution in [-0.4, -0.2) is 24.2 Å². The third-order valence-electron chi connectivity index (χ3n) is 3.66. The van der Waals surface area contributed by atoms with Crippen LogP contribution in [0.5, 0.6) is 0 Å². The molecule has 132 valence electrons. The molecule has 25 heavy (non-hydrogen) atoms. The van der Waals surface area contributed by atoms with Gasteiger partial charge in [0.25, 0.3) is 5.56 Å². The Labute approximate surface area is 154 Å². The van der Waals surface area contributed by atoms with Crippen LogP contribution < -0.4 is 10.3 Å². The third-order valence-corrected chi connectivity index (χ3v) is 7.28. The minimum atomic E-state index is -3.70. The highest BCUT2D eigenvalue weighted by Gasteiger charge is 2.21. The molecule has 0 spiro atoms. The molecule has 0 fully saturated rings. The average molecular weight is 398 g/mol. The molecule has 1 N–H and O–H groups in total. The average Bonchev–Trinajstić information content (AvgIpc) is 2.90. The zero-order valence-corrected chi connectivity index (χ0v) is 16.0. The first kappa shape index (κ1) is 18.1. The molecule has 0 bridgehead atoms. The van der Waals surface area contributed by atoms with Gasteiger partial charge < -0.3 is 0 Å². The highest BCUT2D eigenvalue weighted by molar-refractivity contribution is 7.91. The van der Waals surface area contributed by atoms with E-state index in [0.717, 1.165) is 16.7 Å². The Morgan fingerprint density at radius 3 is 2.76 bits per heavy atom. The van der Waals surface area contributed by atoms with Gasteiger partial charge in [-0.1, -0.05) is 29.8 Å². The van der Waals surface area contributed by atoms with Crippen LogP contribution in [-0.2, 0) is 16.6 Å². The molecule has 0 saturated carbocycles. The fraction of sp³-hybridized carbons (Fsp3) is 0.250. The summed E-state index contributed by atoms with van der Waals surface area (Å²) in [6.07, 6.45) is 1.60. The fourth-order valence-corrected chi connectivity index (χ4v) is 5.40. The minimum Gasteiger partial charge on any atom is -0.267 e. The van der Waals surface area contributed by atoms with E-state index in [4.69, 9.17) is 11.6 Å². The molecule has 2 aromatic heterocycles. The van der Waals surface area contributed by atoms with Gasteiger partial charge in [-0.05, 0) is 31.5 Å². The van der Waals surface area contributed by atoms with Crippen LogP contribution in [0, 0.1) is 6.92 Å². The van der Waals surface area contributed by atoms with Crippen LogP contribution in [0.1, 0.15) is 12.5 Å². The number of hydrogen-bond donors (Lipinski definition) is 1. The number of sulfonamides is 1. The van der Waals surface area contributed by atoms with Crippen molar-refractivity contribution in [3.8, 4) is 0 Å². The van der Waals surface area contributed by atoms with E-state index >= 15 is 0 Å². The maximum absolute atomic E-state index is 12.5. The molecule has 0 unspecified atom stereocenters. The van der Waals surface area contributed by atoms with Gasteiger partial charge in [-0.2, -0.15) is 5.10 Å². The van der Waals surface area contributed by atoms with Crippen LogP contribution >= 0.6 is 22.9 Å². The first-order chi connectivity index (χ1) is 11.8. The van der Waals surface area contributed by atoms with Gasteiger partial charge in [0.2, 0.25) is 10.0 Å². The van der Waals surface area contributed by atoms with Gasteiger partial charge in [0.15, 0.2) is 0 Å². The van der Waals surface area contributed by atoms with E-state index in [1.807, 2.05) is 12.1 Å². The van der Waals surface area contributed by atoms with Crippen molar-refractivity contribution >= 4 is 43.7 Å². The Bertz CT molecular complexity index is 1070. The number of nitrogens with zero attached hydrogens (tertiary/aromatic N) is 2. The lowest BCUT2D eigenvalue weighted by Crippen LogP contribution is -2.38. The van der Waals surface area contributed by atoms with Gasteiger partial charge >= 0.3 is 0 Å². The second-order valence-electron chi connectivity index (χ2n) is 5.76. The number of hydrogen-bond acceptors (Lipinski definition) is 5. The van der Waals surface area contributed by atoms with E-state index in [1.54, 1.807) is 32.2 Å². The Balaban J connectivity index is 1.82. The highest BCUT2D eigenvalue weighted by Crippen LogP contribution is 2.30. The molecular formula is C16H16ClN3O3S2. The van der Waals surface area contributed by atoms with Crippen molar-refractivity contribution < 1.29 is 8.42 Å². The van der Waals surface area contributed by atoms with Crippen molar-refractivity contribution in [2.24, 2.45) is 0 Å². The van der Waals surface area contributed by atoms with Gasteiger partial charge in [0.05, 0.1) is 22.5 Å². The van der Waals surface area contributed by atoms with E-state index in [9.17, 15) is 13.2 Å². The van der Waals surface area contributed by atoms with E-state index in [-0.39, 0.29) is 16.3 Å². The summed E-state index contributed by atoms with van der Waals surface area (Å²) in [5.74, 6) is 0. The summed E-state index contributed by atoms with van der Waals surface area (Å²) in [6.45, 7) is 3.56. The quantitative estimate of drug-likeness (QED) is 0.717. The van der Waals surface area contributed by atoms with E-state index in [0.29, 0.717) is 15.3 Å². The van der Waals surface area contributed by atoms with Crippen molar-refractivity contribution in [3.05, 3.63) is 56.8 Å². The second kappa shape index (κ2) is 6.87. The van der Waals surface area contributed by atoms with Crippen LogP contribution in [0.2, 0.25) is 4.34 Å². The smallest absolute Gasteiger partial charge is 0.267 e. The SMILES string of the molecule is Cc1cc(S(=O)(=O)N[C@H](C)Cn2ncc3ccccc3c2=O)sc1Cl. The molecule has 0 saturated heterocycles. The fourth-order valence-electron chi connectivity index (χ4n) is 2.44.